The van der Waals surface area contributed by atoms with Crippen molar-refractivity contribution >= 4 is 33.4 Å². The molecular weight excluding hydrogens is 394 g/mol. The summed E-state index contributed by atoms with van der Waals surface area (Å²) in [5.74, 6) is -0.174. The van der Waals surface area contributed by atoms with Crippen molar-refractivity contribution in [3.63, 3.8) is 0 Å². The van der Waals surface area contributed by atoms with Crippen LogP contribution in [0.15, 0.2) is 58.3 Å². The molecule has 0 bridgehead atoms. The molecule has 1 N–H and O–H groups in total. The van der Waals surface area contributed by atoms with Crippen molar-refractivity contribution in [1.29, 1.82) is 0 Å². The molecule has 2 aromatic carbocycles. The topological polar surface area (TPSA) is 69.7 Å². The molecule has 0 aliphatic carbocycles. The normalized spacial score (nSPS) is 11.5. The van der Waals surface area contributed by atoms with Gasteiger partial charge in [0.2, 0.25) is 0 Å². The van der Waals surface area contributed by atoms with Gasteiger partial charge in [-0.1, -0.05) is 0 Å². The Hall–Kier alpha value is -2.03. The molecule has 0 aliphatic heterocycles. The summed E-state index contributed by atoms with van der Waals surface area (Å²) < 4.78 is 27.4. The molecule has 8 heteroatoms. The molecule has 0 aromatic heterocycles. The van der Waals surface area contributed by atoms with Crippen LogP contribution in [-0.4, -0.2) is 59.2 Å². The molecule has 0 spiro atoms. The molecule has 2 aromatic rings. The van der Waals surface area contributed by atoms with E-state index >= 15 is 0 Å². The monoisotopic (exact) mass is 421 g/mol. The van der Waals surface area contributed by atoms with Crippen LogP contribution in [0.3, 0.4) is 0 Å². The molecule has 0 fully saturated rings. The third-order valence-electron chi connectivity index (χ3n) is 4.20. The molecule has 1 amide bonds. The van der Waals surface area contributed by atoms with Crippen molar-refractivity contribution in [2.24, 2.45) is 0 Å². The van der Waals surface area contributed by atoms with E-state index in [0.717, 1.165) is 11.4 Å². The first kappa shape index (κ1) is 22.3. The predicted octanol–water partition coefficient (Wildman–Crippen LogP) is 2.92. The first-order chi connectivity index (χ1) is 13.3. The Morgan fingerprint density at radius 2 is 1.64 bits per heavy atom. The number of amides is 1. The van der Waals surface area contributed by atoms with E-state index in [4.69, 9.17) is 0 Å². The van der Waals surface area contributed by atoms with Crippen LogP contribution in [0, 0.1) is 0 Å². The summed E-state index contributed by atoms with van der Waals surface area (Å²) in [5, 5.41) is 2.85. The van der Waals surface area contributed by atoms with Gasteiger partial charge in [-0.3, -0.25) is 9.10 Å². The minimum atomic E-state index is -3.67. The molecule has 0 radical (unpaired) electrons. The third-order valence-corrected chi connectivity index (χ3v) is 6.86. The zero-order valence-electron chi connectivity index (χ0n) is 16.7. The molecule has 0 aliphatic rings. The summed E-state index contributed by atoms with van der Waals surface area (Å²) in [6.07, 6.45) is 1.94. The molecule has 0 heterocycles. The van der Waals surface area contributed by atoms with Gasteiger partial charge in [-0.2, -0.15) is 0 Å². The van der Waals surface area contributed by atoms with Crippen molar-refractivity contribution in [3.8, 4) is 0 Å². The lowest BCUT2D eigenvalue weighted by Gasteiger charge is -2.23. The highest BCUT2D eigenvalue weighted by Crippen LogP contribution is 2.25. The average Bonchev–Trinajstić information content (AvgIpc) is 2.68. The van der Waals surface area contributed by atoms with Crippen molar-refractivity contribution in [1.82, 2.24) is 10.2 Å². The molecule has 0 atom stereocenters. The van der Waals surface area contributed by atoms with Gasteiger partial charge in [-0.15, -0.1) is 11.8 Å². The van der Waals surface area contributed by atoms with Crippen molar-refractivity contribution < 1.29 is 13.2 Å². The zero-order chi connectivity index (χ0) is 20.7. The second-order valence-electron chi connectivity index (χ2n) is 6.45. The van der Waals surface area contributed by atoms with E-state index in [1.54, 1.807) is 67.2 Å². The van der Waals surface area contributed by atoms with Crippen LogP contribution >= 0.6 is 11.8 Å². The molecular formula is C20H27N3O3S2. The van der Waals surface area contributed by atoms with E-state index in [1.165, 1.54) is 4.31 Å². The fraction of sp³-hybridized carbons (Fsp3) is 0.350. The smallest absolute Gasteiger partial charge is 0.264 e. The van der Waals surface area contributed by atoms with Crippen LogP contribution in [0.4, 0.5) is 5.69 Å². The van der Waals surface area contributed by atoms with Gasteiger partial charge in [0.15, 0.2) is 0 Å². The Morgan fingerprint density at radius 3 is 2.14 bits per heavy atom. The van der Waals surface area contributed by atoms with Crippen LogP contribution < -0.4 is 9.62 Å². The van der Waals surface area contributed by atoms with E-state index in [-0.39, 0.29) is 10.8 Å². The first-order valence-corrected chi connectivity index (χ1v) is 11.7. The van der Waals surface area contributed by atoms with Gasteiger partial charge < -0.3 is 10.2 Å². The van der Waals surface area contributed by atoms with E-state index < -0.39 is 10.0 Å². The lowest BCUT2D eigenvalue weighted by atomic mass is 10.2. The van der Waals surface area contributed by atoms with Crippen LogP contribution in [-0.2, 0) is 10.0 Å². The Morgan fingerprint density at radius 1 is 1.04 bits per heavy atom. The van der Waals surface area contributed by atoms with Gasteiger partial charge in [0.25, 0.3) is 15.9 Å². The number of rotatable bonds is 9. The maximum atomic E-state index is 13.0. The number of thioether (sulfide) groups is 1. The number of anilines is 1. The molecule has 28 heavy (non-hydrogen) atoms. The van der Waals surface area contributed by atoms with E-state index in [2.05, 4.69) is 5.32 Å². The maximum Gasteiger partial charge on any atom is 0.264 e. The highest BCUT2D eigenvalue weighted by atomic mass is 32.2. The summed E-state index contributed by atoms with van der Waals surface area (Å²) in [6, 6.07) is 13.5. The fourth-order valence-electron chi connectivity index (χ4n) is 2.64. The number of carbonyl (C=O) groups is 1. The Bertz CT molecular complexity index is 880. The summed E-state index contributed by atoms with van der Waals surface area (Å²) in [6.45, 7) is 3.38. The molecule has 6 nitrogen and oxygen atoms in total. The maximum absolute atomic E-state index is 13.0. The van der Waals surface area contributed by atoms with Crippen LogP contribution in [0.2, 0.25) is 0 Å². The van der Waals surface area contributed by atoms with Gasteiger partial charge in [-0.05, 0) is 75.8 Å². The van der Waals surface area contributed by atoms with Crippen LogP contribution in [0.25, 0.3) is 0 Å². The highest BCUT2D eigenvalue weighted by molar-refractivity contribution is 7.98. The summed E-state index contributed by atoms with van der Waals surface area (Å²) >= 11 is 1.56. The van der Waals surface area contributed by atoms with E-state index in [0.29, 0.717) is 24.3 Å². The number of benzene rings is 2. The Balaban J connectivity index is 2.18. The SMILES string of the molecule is CCN(c1ccc(C(=O)NCCN(C)C)cc1)S(=O)(=O)c1ccc(SC)cc1. The molecule has 2 rings (SSSR count). The van der Waals surface area contributed by atoms with Crippen molar-refractivity contribution in [2.75, 3.05) is 44.3 Å². The van der Waals surface area contributed by atoms with Gasteiger partial charge >= 0.3 is 0 Å². The number of sulfonamides is 1. The quantitative estimate of drug-likeness (QED) is 0.631. The molecule has 152 valence electrons. The summed E-state index contributed by atoms with van der Waals surface area (Å²) in [7, 11) is 0.212. The van der Waals surface area contributed by atoms with Gasteiger partial charge in [0.1, 0.15) is 0 Å². The van der Waals surface area contributed by atoms with Gasteiger partial charge in [-0.25, -0.2) is 8.42 Å². The molecule has 0 saturated heterocycles. The lowest BCUT2D eigenvalue weighted by molar-refractivity contribution is 0.0951. The summed E-state index contributed by atoms with van der Waals surface area (Å²) in [4.78, 5) is 15.4. The van der Waals surface area contributed by atoms with E-state index in [9.17, 15) is 13.2 Å². The largest absolute Gasteiger partial charge is 0.351 e. The number of hydrogen-bond donors (Lipinski definition) is 1. The standard InChI is InChI=1S/C20H27N3O3S2/c1-5-23(28(25,26)19-12-10-18(27-4)11-13-19)17-8-6-16(7-9-17)20(24)21-14-15-22(2)3/h6-13H,5,14-15H2,1-4H3,(H,21,24). The third kappa shape index (κ3) is 5.50. The Labute approximate surface area is 172 Å². The van der Waals surface area contributed by atoms with Gasteiger partial charge in [0, 0.05) is 30.1 Å². The fourth-order valence-corrected chi connectivity index (χ4v) is 4.52. The lowest BCUT2D eigenvalue weighted by Crippen LogP contribution is -2.32. The molecule has 0 unspecified atom stereocenters. The van der Waals surface area contributed by atoms with Crippen molar-refractivity contribution in [3.05, 3.63) is 54.1 Å². The number of nitrogens with one attached hydrogen (secondary N) is 1. The number of nitrogens with zero attached hydrogens (tertiary/aromatic N) is 2. The first-order valence-electron chi connectivity index (χ1n) is 8.99. The summed E-state index contributed by atoms with van der Waals surface area (Å²) in [5.41, 5.74) is 1.03. The number of carbonyl (C=O) groups excluding carboxylic acids is 1. The van der Waals surface area contributed by atoms with Crippen LogP contribution in [0.1, 0.15) is 17.3 Å². The second-order valence-corrected chi connectivity index (χ2v) is 9.19. The molecule has 0 saturated carbocycles. The predicted molar refractivity (Wildman–Crippen MR) is 116 cm³/mol. The van der Waals surface area contributed by atoms with Crippen molar-refractivity contribution in [2.45, 2.75) is 16.7 Å². The minimum Gasteiger partial charge on any atom is -0.351 e. The zero-order valence-corrected chi connectivity index (χ0v) is 18.3. The second kappa shape index (κ2) is 9.95. The number of likely N-dealkylation sites (N-methyl/N-ethyl adjacent to an activating group) is 1. The van der Waals surface area contributed by atoms with E-state index in [1.807, 2.05) is 25.3 Å². The average molecular weight is 422 g/mol. The minimum absolute atomic E-state index is 0.174. The highest BCUT2D eigenvalue weighted by Gasteiger charge is 2.23. The Kier molecular flexibility index (Phi) is 7.91. The van der Waals surface area contributed by atoms with Crippen LogP contribution in [0.5, 0.6) is 0 Å². The number of hydrogen-bond acceptors (Lipinski definition) is 5. The van der Waals surface area contributed by atoms with Gasteiger partial charge in [0.05, 0.1) is 10.6 Å².